The molecular formula is C13H9F3N2O2. The van der Waals surface area contributed by atoms with Gasteiger partial charge < -0.3 is 5.32 Å². The standard InChI is InChI=1S/C13H9F3N2O2/c14-10-3-1-2-8(13(10)16)7-17-9-4-5-12(18(19)20)11(15)6-9/h1-6,17H,7H2. The largest absolute Gasteiger partial charge is 0.381 e. The summed E-state index contributed by atoms with van der Waals surface area (Å²) >= 11 is 0. The third-order valence-corrected chi connectivity index (χ3v) is 2.66. The monoisotopic (exact) mass is 282 g/mol. The number of halogens is 3. The molecule has 0 saturated carbocycles. The molecule has 7 heteroatoms. The molecule has 0 bridgehead atoms. The highest BCUT2D eigenvalue weighted by molar-refractivity contribution is 5.50. The van der Waals surface area contributed by atoms with Gasteiger partial charge in [0.05, 0.1) is 4.92 Å². The second-order valence-electron chi connectivity index (χ2n) is 3.99. The lowest BCUT2D eigenvalue weighted by Gasteiger charge is -2.08. The molecule has 2 aromatic carbocycles. The number of benzene rings is 2. The maximum atomic E-state index is 13.4. The molecule has 0 radical (unpaired) electrons. The van der Waals surface area contributed by atoms with Crippen LogP contribution < -0.4 is 5.32 Å². The zero-order chi connectivity index (χ0) is 14.7. The van der Waals surface area contributed by atoms with Crippen molar-refractivity contribution in [3.8, 4) is 0 Å². The normalized spacial score (nSPS) is 10.3. The Morgan fingerprint density at radius 1 is 1.10 bits per heavy atom. The Labute approximate surface area is 112 Å². The van der Waals surface area contributed by atoms with E-state index in [4.69, 9.17) is 0 Å². The number of nitrogens with zero attached hydrogens (tertiary/aromatic N) is 1. The highest BCUT2D eigenvalue weighted by atomic mass is 19.2. The van der Waals surface area contributed by atoms with Crippen molar-refractivity contribution in [1.82, 2.24) is 0 Å². The van der Waals surface area contributed by atoms with E-state index in [1.165, 1.54) is 18.2 Å². The van der Waals surface area contributed by atoms with Crippen molar-refractivity contribution < 1.29 is 18.1 Å². The van der Waals surface area contributed by atoms with Gasteiger partial charge in [0, 0.05) is 29.9 Å². The van der Waals surface area contributed by atoms with Gasteiger partial charge in [-0.15, -0.1) is 0 Å². The van der Waals surface area contributed by atoms with E-state index in [2.05, 4.69) is 5.32 Å². The Hall–Kier alpha value is -2.57. The van der Waals surface area contributed by atoms with Crippen LogP contribution in [0.3, 0.4) is 0 Å². The van der Waals surface area contributed by atoms with Crippen molar-refractivity contribution in [1.29, 1.82) is 0 Å². The summed E-state index contributed by atoms with van der Waals surface area (Å²) in [6, 6.07) is 6.94. The van der Waals surface area contributed by atoms with E-state index in [1.807, 2.05) is 0 Å². The van der Waals surface area contributed by atoms with Crippen molar-refractivity contribution in [3.05, 3.63) is 69.5 Å². The van der Waals surface area contributed by atoms with E-state index in [-0.39, 0.29) is 17.8 Å². The van der Waals surface area contributed by atoms with Gasteiger partial charge in [0.25, 0.3) is 0 Å². The topological polar surface area (TPSA) is 55.2 Å². The summed E-state index contributed by atoms with van der Waals surface area (Å²) in [7, 11) is 0. The van der Waals surface area contributed by atoms with Crippen LogP contribution in [0.5, 0.6) is 0 Å². The van der Waals surface area contributed by atoms with Crippen LogP contribution in [0.25, 0.3) is 0 Å². The molecule has 0 fully saturated rings. The van der Waals surface area contributed by atoms with E-state index in [9.17, 15) is 23.3 Å². The Bertz CT molecular complexity index is 662. The van der Waals surface area contributed by atoms with E-state index < -0.39 is 28.1 Å². The van der Waals surface area contributed by atoms with E-state index in [0.29, 0.717) is 0 Å². The fourth-order valence-corrected chi connectivity index (χ4v) is 1.65. The minimum atomic E-state index is -1.00. The number of hydrogen-bond donors (Lipinski definition) is 1. The lowest BCUT2D eigenvalue weighted by Crippen LogP contribution is -2.04. The smallest absolute Gasteiger partial charge is 0.304 e. The molecule has 0 unspecified atom stereocenters. The zero-order valence-electron chi connectivity index (χ0n) is 10.1. The highest BCUT2D eigenvalue weighted by Crippen LogP contribution is 2.21. The van der Waals surface area contributed by atoms with Crippen LogP contribution in [0.4, 0.5) is 24.5 Å². The van der Waals surface area contributed by atoms with Crippen molar-refractivity contribution in [2.45, 2.75) is 6.54 Å². The Balaban J connectivity index is 2.13. The van der Waals surface area contributed by atoms with Crippen molar-refractivity contribution in [2.24, 2.45) is 0 Å². The van der Waals surface area contributed by atoms with Crippen LogP contribution in [-0.4, -0.2) is 4.92 Å². The van der Waals surface area contributed by atoms with Crippen molar-refractivity contribution in [2.75, 3.05) is 5.32 Å². The number of hydrogen-bond acceptors (Lipinski definition) is 3. The Morgan fingerprint density at radius 3 is 2.50 bits per heavy atom. The molecule has 0 aliphatic heterocycles. The second kappa shape index (κ2) is 5.60. The van der Waals surface area contributed by atoms with Gasteiger partial charge in [0.2, 0.25) is 5.82 Å². The molecule has 0 spiro atoms. The van der Waals surface area contributed by atoms with Gasteiger partial charge in [-0.3, -0.25) is 10.1 Å². The first-order valence-electron chi connectivity index (χ1n) is 5.59. The SMILES string of the molecule is O=[N+]([O-])c1ccc(NCc2cccc(F)c2F)cc1F. The minimum absolute atomic E-state index is 0.0686. The summed E-state index contributed by atoms with van der Waals surface area (Å²) in [6.45, 7) is -0.0686. The molecule has 0 aromatic heterocycles. The third kappa shape index (κ3) is 2.87. The zero-order valence-corrected chi connectivity index (χ0v) is 10.1. The maximum absolute atomic E-state index is 13.4. The molecule has 1 N–H and O–H groups in total. The number of anilines is 1. The second-order valence-corrected chi connectivity index (χ2v) is 3.99. The van der Waals surface area contributed by atoms with E-state index in [0.717, 1.165) is 18.2 Å². The summed E-state index contributed by atoms with van der Waals surface area (Å²) in [5, 5.41) is 13.1. The predicted molar refractivity (Wildman–Crippen MR) is 66.7 cm³/mol. The van der Waals surface area contributed by atoms with Crippen molar-refractivity contribution >= 4 is 11.4 Å². The molecule has 0 aliphatic rings. The summed E-state index contributed by atoms with van der Waals surface area (Å²) < 4.78 is 39.7. The molecule has 4 nitrogen and oxygen atoms in total. The average molecular weight is 282 g/mol. The Kier molecular flexibility index (Phi) is 3.88. The fraction of sp³-hybridized carbons (Fsp3) is 0.0769. The molecule has 0 amide bonds. The molecule has 2 rings (SSSR count). The van der Waals surface area contributed by atoms with Gasteiger partial charge in [-0.2, -0.15) is 4.39 Å². The van der Waals surface area contributed by atoms with Gasteiger partial charge in [-0.05, 0) is 12.1 Å². The summed E-state index contributed by atoms with van der Waals surface area (Å²) in [4.78, 5) is 9.61. The quantitative estimate of drug-likeness (QED) is 0.688. The molecule has 20 heavy (non-hydrogen) atoms. The first kappa shape index (κ1) is 13.9. The lowest BCUT2D eigenvalue weighted by atomic mass is 10.2. The van der Waals surface area contributed by atoms with Gasteiger partial charge >= 0.3 is 5.69 Å². The van der Waals surface area contributed by atoms with Crippen LogP contribution in [0.2, 0.25) is 0 Å². The summed E-state index contributed by atoms with van der Waals surface area (Å²) in [6.07, 6.45) is 0. The van der Waals surface area contributed by atoms with Crippen LogP contribution >= 0.6 is 0 Å². The maximum Gasteiger partial charge on any atom is 0.304 e. The number of nitro benzene ring substituents is 1. The molecule has 0 aliphatic carbocycles. The summed E-state index contributed by atoms with van der Waals surface area (Å²) in [5.41, 5.74) is -0.340. The Morgan fingerprint density at radius 2 is 1.85 bits per heavy atom. The molecule has 0 heterocycles. The molecule has 2 aromatic rings. The van der Waals surface area contributed by atoms with Crippen LogP contribution in [0, 0.1) is 27.6 Å². The highest BCUT2D eigenvalue weighted by Gasteiger charge is 2.14. The number of nitrogens with one attached hydrogen (secondary N) is 1. The molecule has 0 atom stereocenters. The molecule has 104 valence electrons. The fourth-order valence-electron chi connectivity index (χ4n) is 1.65. The van der Waals surface area contributed by atoms with Crippen molar-refractivity contribution in [3.63, 3.8) is 0 Å². The molecular weight excluding hydrogens is 273 g/mol. The predicted octanol–water partition coefficient (Wildman–Crippen LogP) is 3.62. The molecule has 0 saturated heterocycles. The lowest BCUT2D eigenvalue weighted by molar-refractivity contribution is -0.387. The van der Waals surface area contributed by atoms with Crippen LogP contribution in [0.1, 0.15) is 5.56 Å². The van der Waals surface area contributed by atoms with Crippen LogP contribution in [-0.2, 0) is 6.54 Å². The van der Waals surface area contributed by atoms with E-state index >= 15 is 0 Å². The minimum Gasteiger partial charge on any atom is -0.381 e. The number of rotatable bonds is 4. The first-order chi connectivity index (χ1) is 9.49. The van der Waals surface area contributed by atoms with Gasteiger partial charge in [0.1, 0.15) is 0 Å². The first-order valence-corrected chi connectivity index (χ1v) is 5.59. The van der Waals surface area contributed by atoms with Crippen LogP contribution in [0.15, 0.2) is 36.4 Å². The van der Waals surface area contributed by atoms with Gasteiger partial charge in [0.15, 0.2) is 11.6 Å². The summed E-state index contributed by atoms with van der Waals surface area (Å²) in [5.74, 6) is -2.96. The number of nitro groups is 1. The van der Waals surface area contributed by atoms with Gasteiger partial charge in [-0.25, -0.2) is 8.78 Å². The average Bonchev–Trinajstić information content (AvgIpc) is 2.40. The van der Waals surface area contributed by atoms with E-state index in [1.54, 1.807) is 0 Å². The van der Waals surface area contributed by atoms with Gasteiger partial charge in [-0.1, -0.05) is 12.1 Å². The third-order valence-electron chi connectivity index (χ3n) is 2.66.